The van der Waals surface area contributed by atoms with Crippen LogP contribution in [0.15, 0.2) is 46.9 Å². The van der Waals surface area contributed by atoms with Gasteiger partial charge in [-0.25, -0.2) is 0 Å². The SMILES string of the molecule is NC(=O)C(F)(F)c1cc2cc(C(F)(F)F)ccc2o1.c1cc2c(cc1CCCN1CCCC1)OCCO2. The van der Waals surface area contributed by atoms with Gasteiger partial charge in [-0.1, -0.05) is 6.07 Å². The van der Waals surface area contributed by atoms with Crippen LogP contribution in [0.1, 0.15) is 36.1 Å². The smallest absolute Gasteiger partial charge is 0.416 e. The van der Waals surface area contributed by atoms with E-state index in [-0.39, 0.29) is 11.0 Å². The second-order valence-corrected chi connectivity index (χ2v) is 8.93. The summed E-state index contributed by atoms with van der Waals surface area (Å²) in [4.78, 5) is 13.1. The maximum absolute atomic E-state index is 13.3. The van der Waals surface area contributed by atoms with Crippen molar-refractivity contribution in [1.29, 1.82) is 0 Å². The van der Waals surface area contributed by atoms with Crippen molar-refractivity contribution < 1.29 is 40.6 Å². The number of ether oxygens (including phenoxy) is 2. The minimum absolute atomic E-state index is 0.189. The van der Waals surface area contributed by atoms with Crippen molar-refractivity contribution in [3.05, 3.63) is 59.4 Å². The molecule has 2 aromatic carbocycles. The Balaban J connectivity index is 0.000000173. The fourth-order valence-electron chi connectivity index (χ4n) is 4.25. The van der Waals surface area contributed by atoms with Gasteiger partial charge in [-0.15, -0.1) is 0 Å². The molecule has 0 unspecified atom stereocenters. The van der Waals surface area contributed by atoms with Crippen LogP contribution in [-0.2, 0) is 23.3 Å². The van der Waals surface area contributed by atoms with Crippen molar-refractivity contribution in [2.45, 2.75) is 37.8 Å². The molecule has 1 amide bonds. The van der Waals surface area contributed by atoms with E-state index in [2.05, 4.69) is 27.2 Å². The highest BCUT2D eigenvalue weighted by atomic mass is 19.4. The van der Waals surface area contributed by atoms with Crippen LogP contribution in [-0.4, -0.2) is 43.7 Å². The molecule has 0 bridgehead atoms. The van der Waals surface area contributed by atoms with Crippen molar-refractivity contribution in [1.82, 2.24) is 4.90 Å². The lowest BCUT2D eigenvalue weighted by Crippen LogP contribution is -2.32. The number of benzene rings is 2. The van der Waals surface area contributed by atoms with Crippen molar-refractivity contribution in [2.75, 3.05) is 32.8 Å². The Labute approximate surface area is 210 Å². The third-order valence-electron chi connectivity index (χ3n) is 6.21. The van der Waals surface area contributed by atoms with Gasteiger partial charge < -0.3 is 24.5 Å². The number of hydrogen-bond acceptors (Lipinski definition) is 5. The molecule has 37 heavy (non-hydrogen) atoms. The quantitative estimate of drug-likeness (QED) is 0.429. The van der Waals surface area contributed by atoms with Gasteiger partial charge in [0, 0.05) is 5.39 Å². The lowest BCUT2D eigenvalue weighted by Gasteiger charge is -2.19. The molecule has 0 aliphatic carbocycles. The van der Waals surface area contributed by atoms with E-state index in [4.69, 9.17) is 9.47 Å². The molecular formula is C26H27F5N2O4. The molecule has 11 heteroatoms. The van der Waals surface area contributed by atoms with Crippen LogP contribution in [0.5, 0.6) is 11.5 Å². The number of carbonyl (C=O) groups excluding carboxylic acids is 1. The van der Waals surface area contributed by atoms with Crippen LogP contribution in [0.3, 0.4) is 0 Å². The molecule has 200 valence electrons. The average molecular weight is 527 g/mol. The lowest BCUT2D eigenvalue weighted by atomic mass is 10.1. The summed E-state index contributed by atoms with van der Waals surface area (Å²) in [6, 6.07) is 9.25. The molecule has 2 aliphatic rings. The summed E-state index contributed by atoms with van der Waals surface area (Å²) in [7, 11) is 0. The van der Waals surface area contributed by atoms with E-state index < -0.39 is 29.3 Å². The fourth-order valence-corrected chi connectivity index (χ4v) is 4.25. The summed E-state index contributed by atoms with van der Waals surface area (Å²) in [5, 5.41) is -0.189. The molecule has 0 radical (unpaired) electrons. The number of alkyl halides is 5. The van der Waals surface area contributed by atoms with E-state index in [1.165, 1.54) is 44.5 Å². The van der Waals surface area contributed by atoms with Crippen molar-refractivity contribution in [2.24, 2.45) is 5.73 Å². The molecule has 0 atom stereocenters. The lowest BCUT2D eigenvalue weighted by molar-refractivity contribution is -0.145. The first-order valence-electron chi connectivity index (χ1n) is 11.9. The molecule has 0 saturated carbocycles. The number of fused-ring (bicyclic) bond motifs is 2. The van der Waals surface area contributed by atoms with Crippen LogP contribution in [0.25, 0.3) is 11.0 Å². The molecule has 2 aliphatic heterocycles. The van der Waals surface area contributed by atoms with Gasteiger partial charge in [-0.2, -0.15) is 22.0 Å². The highest BCUT2D eigenvalue weighted by Gasteiger charge is 2.43. The van der Waals surface area contributed by atoms with Crippen molar-refractivity contribution >= 4 is 16.9 Å². The molecule has 2 N–H and O–H groups in total. The summed E-state index contributed by atoms with van der Waals surface area (Å²) in [6.07, 6.45) is 0.526. The standard InChI is InChI=1S/C15H21NO2.C11H6F5NO2/c1-2-8-16(7-1)9-3-4-13-5-6-14-15(12-13)18-11-10-17-14;12-10(13,9(17)18)8-4-5-3-6(11(14,15)16)1-2-7(5)19-8/h5-6,12H,1-4,7-11H2;1-4H,(H2,17,18). The minimum atomic E-state index is -4.60. The van der Waals surface area contributed by atoms with E-state index in [1.807, 2.05) is 6.07 Å². The van der Waals surface area contributed by atoms with Gasteiger partial charge in [0.25, 0.3) is 5.91 Å². The average Bonchev–Trinajstić information content (AvgIpc) is 3.53. The number of hydrogen-bond donors (Lipinski definition) is 1. The van der Waals surface area contributed by atoms with Gasteiger partial charge in [0.2, 0.25) is 0 Å². The van der Waals surface area contributed by atoms with Crippen LogP contribution in [0.4, 0.5) is 22.0 Å². The van der Waals surface area contributed by atoms with E-state index in [0.717, 1.165) is 24.0 Å². The van der Waals surface area contributed by atoms with Gasteiger partial charge in [0.15, 0.2) is 17.3 Å². The third-order valence-corrected chi connectivity index (χ3v) is 6.21. The first kappa shape index (κ1) is 26.7. The zero-order valence-corrected chi connectivity index (χ0v) is 20.0. The van der Waals surface area contributed by atoms with Crippen LogP contribution < -0.4 is 15.2 Å². The van der Waals surface area contributed by atoms with E-state index in [0.29, 0.717) is 31.4 Å². The highest BCUT2D eigenvalue weighted by molar-refractivity contribution is 5.85. The molecule has 1 saturated heterocycles. The zero-order valence-electron chi connectivity index (χ0n) is 20.0. The Morgan fingerprint density at radius 2 is 1.62 bits per heavy atom. The third kappa shape index (κ3) is 6.51. The summed E-state index contributed by atoms with van der Waals surface area (Å²) >= 11 is 0. The van der Waals surface area contributed by atoms with Gasteiger partial charge in [-0.05, 0) is 87.3 Å². The first-order valence-corrected chi connectivity index (χ1v) is 11.9. The predicted molar refractivity (Wildman–Crippen MR) is 126 cm³/mol. The number of nitrogens with zero attached hydrogens (tertiary/aromatic N) is 1. The number of primary amides is 1. The number of rotatable bonds is 6. The van der Waals surface area contributed by atoms with E-state index in [9.17, 15) is 26.7 Å². The molecule has 3 aromatic rings. The Kier molecular flexibility index (Phi) is 7.91. The molecular weight excluding hydrogens is 499 g/mol. The molecule has 1 aromatic heterocycles. The fraction of sp³-hybridized carbons (Fsp3) is 0.423. The maximum atomic E-state index is 13.3. The maximum Gasteiger partial charge on any atom is 0.416 e. The molecule has 1 fully saturated rings. The van der Waals surface area contributed by atoms with Crippen LogP contribution in [0, 0.1) is 0 Å². The van der Waals surface area contributed by atoms with E-state index in [1.54, 1.807) is 0 Å². The Morgan fingerprint density at radius 3 is 2.30 bits per heavy atom. The van der Waals surface area contributed by atoms with Crippen molar-refractivity contribution in [3.8, 4) is 11.5 Å². The summed E-state index contributed by atoms with van der Waals surface area (Å²) in [5.74, 6) is -5.29. The largest absolute Gasteiger partial charge is 0.486 e. The number of amides is 1. The number of likely N-dealkylation sites (tertiary alicyclic amines) is 1. The second kappa shape index (κ2) is 11.0. The highest BCUT2D eigenvalue weighted by Crippen LogP contribution is 2.36. The summed E-state index contributed by atoms with van der Waals surface area (Å²) in [5.41, 5.74) is 4.66. The van der Waals surface area contributed by atoms with Gasteiger partial charge >= 0.3 is 12.1 Å². The van der Waals surface area contributed by atoms with Crippen molar-refractivity contribution in [3.63, 3.8) is 0 Å². The van der Waals surface area contributed by atoms with Gasteiger partial charge in [0.1, 0.15) is 18.8 Å². The Morgan fingerprint density at radius 1 is 0.919 bits per heavy atom. The minimum Gasteiger partial charge on any atom is -0.486 e. The molecule has 0 spiro atoms. The second-order valence-electron chi connectivity index (χ2n) is 8.93. The number of carbonyl (C=O) groups is 1. The normalized spacial score (nSPS) is 15.9. The predicted octanol–water partition coefficient (Wildman–Crippen LogP) is 5.51. The van der Waals surface area contributed by atoms with Crippen LogP contribution >= 0.6 is 0 Å². The van der Waals surface area contributed by atoms with Gasteiger partial charge in [-0.3, -0.25) is 4.79 Å². The molecule has 3 heterocycles. The van der Waals surface area contributed by atoms with Gasteiger partial charge in [0.05, 0.1) is 5.56 Å². The topological polar surface area (TPSA) is 77.9 Å². The number of furan rings is 1. The first-order chi connectivity index (χ1) is 17.5. The van der Waals surface area contributed by atoms with Crippen LogP contribution in [0.2, 0.25) is 0 Å². The molecule has 5 rings (SSSR count). The van der Waals surface area contributed by atoms with E-state index >= 15 is 0 Å². The monoisotopic (exact) mass is 526 g/mol. The number of nitrogens with two attached hydrogens (primary N) is 1. The summed E-state index contributed by atoms with van der Waals surface area (Å²) in [6.45, 7) is 5.16. The number of halogens is 5. The zero-order chi connectivity index (χ0) is 26.6. The Hall–Kier alpha value is -3.34. The summed E-state index contributed by atoms with van der Waals surface area (Å²) < 4.78 is 79.6. The molecule has 6 nitrogen and oxygen atoms in total. The number of aryl methyl sites for hydroxylation is 1. The Bertz CT molecular complexity index is 1240.